The van der Waals surface area contributed by atoms with Crippen molar-refractivity contribution >= 4 is 11.6 Å². The standard InChI is InChI=1S/C14H20N2O3/c1-10(17)11-5-3-4-6-12(11)16-7-8-19-9-13(16)14(18)15-2/h3-6,10,13,17H,7-9H2,1-2H3,(H,15,18)/t10-,13?/m1/s1. The molecule has 2 rings (SSSR count). The SMILES string of the molecule is CNC(=O)C1COCCN1c1ccccc1[C@@H](C)O. The molecule has 0 bridgehead atoms. The summed E-state index contributed by atoms with van der Waals surface area (Å²) in [7, 11) is 1.62. The van der Waals surface area contributed by atoms with Crippen LogP contribution in [0, 0.1) is 0 Å². The predicted octanol–water partition coefficient (Wildman–Crippen LogP) is 0.691. The Hall–Kier alpha value is -1.59. The number of hydrogen-bond acceptors (Lipinski definition) is 4. The van der Waals surface area contributed by atoms with Gasteiger partial charge in [0.1, 0.15) is 6.04 Å². The summed E-state index contributed by atoms with van der Waals surface area (Å²) in [6, 6.07) is 7.27. The van der Waals surface area contributed by atoms with E-state index in [0.29, 0.717) is 19.8 Å². The highest BCUT2D eigenvalue weighted by atomic mass is 16.5. The van der Waals surface area contributed by atoms with Crippen molar-refractivity contribution < 1.29 is 14.6 Å². The molecule has 5 nitrogen and oxygen atoms in total. The fourth-order valence-electron chi connectivity index (χ4n) is 2.38. The quantitative estimate of drug-likeness (QED) is 0.843. The zero-order valence-electron chi connectivity index (χ0n) is 11.3. The average molecular weight is 264 g/mol. The number of hydrogen-bond donors (Lipinski definition) is 2. The molecular formula is C14H20N2O3. The van der Waals surface area contributed by atoms with Gasteiger partial charge in [0.05, 0.1) is 19.3 Å². The lowest BCUT2D eigenvalue weighted by atomic mass is 10.0. The Morgan fingerprint density at radius 3 is 2.95 bits per heavy atom. The number of carbonyl (C=O) groups excluding carboxylic acids is 1. The van der Waals surface area contributed by atoms with Crippen molar-refractivity contribution in [3.63, 3.8) is 0 Å². The van der Waals surface area contributed by atoms with E-state index in [1.165, 1.54) is 0 Å². The lowest BCUT2D eigenvalue weighted by Crippen LogP contribution is -2.53. The van der Waals surface area contributed by atoms with Crippen LogP contribution in [0.3, 0.4) is 0 Å². The molecule has 2 atom stereocenters. The molecule has 0 radical (unpaired) electrons. The van der Waals surface area contributed by atoms with Crippen LogP contribution in [-0.4, -0.2) is 43.9 Å². The van der Waals surface area contributed by atoms with Crippen LogP contribution in [0.4, 0.5) is 5.69 Å². The Balaban J connectivity index is 2.35. The zero-order valence-corrected chi connectivity index (χ0v) is 11.3. The predicted molar refractivity (Wildman–Crippen MR) is 73.1 cm³/mol. The molecule has 1 fully saturated rings. The molecule has 5 heteroatoms. The van der Waals surface area contributed by atoms with E-state index in [9.17, 15) is 9.90 Å². The lowest BCUT2D eigenvalue weighted by molar-refractivity contribution is -0.124. The number of amides is 1. The molecule has 104 valence electrons. The summed E-state index contributed by atoms with van der Waals surface area (Å²) in [5.41, 5.74) is 1.73. The van der Waals surface area contributed by atoms with Crippen LogP contribution >= 0.6 is 0 Å². The van der Waals surface area contributed by atoms with Crippen LogP contribution in [0.5, 0.6) is 0 Å². The van der Waals surface area contributed by atoms with Gasteiger partial charge in [-0.15, -0.1) is 0 Å². The van der Waals surface area contributed by atoms with Crippen molar-refractivity contribution in [1.29, 1.82) is 0 Å². The van der Waals surface area contributed by atoms with Gasteiger partial charge in [-0.2, -0.15) is 0 Å². The Morgan fingerprint density at radius 2 is 2.26 bits per heavy atom. The van der Waals surface area contributed by atoms with Crippen LogP contribution in [0.15, 0.2) is 24.3 Å². The van der Waals surface area contributed by atoms with Crippen molar-refractivity contribution in [3.8, 4) is 0 Å². The first-order valence-corrected chi connectivity index (χ1v) is 6.48. The minimum Gasteiger partial charge on any atom is -0.389 e. The van der Waals surface area contributed by atoms with Crippen molar-refractivity contribution in [1.82, 2.24) is 5.32 Å². The van der Waals surface area contributed by atoms with Crippen molar-refractivity contribution in [2.45, 2.75) is 19.1 Å². The van der Waals surface area contributed by atoms with E-state index in [2.05, 4.69) is 5.32 Å². The van der Waals surface area contributed by atoms with Gasteiger partial charge in [0.25, 0.3) is 0 Å². The highest BCUT2D eigenvalue weighted by Crippen LogP contribution is 2.28. The number of likely N-dealkylation sites (N-methyl/N-ethyl adjacent to an activating group) is 1. The topological polar surface area (TPSA) is 61.8 Å². The number of rotatable bonds is 3. The number of anilines is 1. The zero-order chi connectivity index (χ0) is 13.8. The Labute approximate surface area is 113 Å². The van der Waals surface area contributed by atoms with Gasteiger partial charge in [-0.1, -0.05) is 18.2 Å². The minimum atomic E-state index is -0.565. The number of aliphatic hydroxyl groups excluding tert-OH is 1. The van der Waals surface area contributed by atoms with Gasteiger partial charge in [0.2, 0.25) is 5.91 Å². The van der Waals surface area contributed by atoms with Crippen molar-refractivity contribution in [2.24, 2.45) is 0 Å². The summed E-state index contributed by atoms with van der Waals surface area (Å²) >= 11 is 0. The van der Waals surface area contributed by atoms with E-state index in [0.717, 1.165) is 11.3 Å². The summed E-state index contributed by atoms with van der Waals surface area (Å²) < 4.78 is 5.39. The highest BCUT2D eigenvalue weighted by Gasteiger charge is 2.30. The Kier molecular flexibility index (Phi) is 4.39. The number of aliphatic hydroxyl groups is 1. The van der Waals surface area contributed by atoms with Gasteiger partial charge in [0.15, 0.2) is 0 Å². The fraction of sp³-hybridized carbons (Fsp3) is 0.500. The second-order valence-electron chi connectivity index (χ2n) is 4.63. The fourth-order valence-corrected chi connectivity index (χ4v) is 2.38. The van der Waals surface area contributed by atoms with E-state index < -0.39 is 6.10 Å². The van der Waals surface area contributed by atoms with Gasteiger partial charge < -0.3 is 20.1 Å². The molecule has 2 N–H and O–H groups in total. The van der Waals surface area contributed by atoms with E-state index in [1.807, 2.05) is 29.2 Å². The summed E-state index contributed by atoms with van der Waals surface area (Å²) in [5.74, 6) is -0.0694. The van der Waals surface area contributed by atoms with Crippen LogP contribution < -0.4 is 10.2 Å². The van der Waals surface area contributed by atoms with Gasteiger partial charge in [-0.3, -0.25) is 4.79 Å². The normalized spacial score (nSPS) is 21.0. The molecule has 0 spiro atoms. The van der Waals surface area contributed by atoms with E-state index >= 15 is 0 Å². The smallest absolute Gasteiger partial charge is 0.244 e. The molecule has 0 aliphatic carbocycles. The van der Waals surface area contributed by atoms with E-state index in [-0.39, 0.29) is 11.9 Å². The monoisotopic (exact) mass is 264 g/mol. The summed E-state index contributed by atoms with van der Waals surface area (Å²) in [6.45, 7) is 3.32. The molecular weight excluding hydrogens is 244 g/mol. The Morgan fingerprint density at radius 1 is 1.53 bits per heavy atom. The number of nitrogens with zero attached hydrogens (tertiary/aromatic N) is 1. The second kappa shape index (κ2) is 6.04. The van der Waals surface area contributed by atoms with E-state index in [1.54, 1.807) is 14.0 Å². The molecule has 1 heterocycles. The molecule has 1 saturated heterocycles. The molecule has 1 aliphatic rings. The van der Waals surface area contributed by atoms with Crippen molar-refractivity contribution in [2.75, 3.05) is 31.7 Å². The molecule has 0 aromatic heterocycles. The number of nitrogens with one attached hydrogen (secondary N) is 1. The summed E-state index contributed by atoms with van der Waals surface area (Å²) in [6.07, 6.45) is -0.565. The lowest BCUT2D eigenvalue weighted by Gasteiger charge is -2.37. The molecule has 19 heavy (non-hydrogen) atoms. The first kappa shape index (κ1) is 13.8. The van der Waals surface area contributed by atoms with Gasteiger partial charge in [0, 0.05) is 24.8 Å². The maximum atomic E-state index is 11.9. The van der Waals surface area contributed by atoms with Crippen molar-refractivity contribution in [3.05, 3.63) is 29.8 Å². The molecule has 1 aliphatic heterocycles. The second-order valence-corrected chi connectivity index (χ2v) is 4.63. The molecule has 0 saturated carbocycles. The third kappa shape index (κ3) is 2.88. The van der Waals surface area contributed by atoms with Gasteiger partial charge >= 0.3 is 0 Å². The van der Waals surface area contributed by atoms with Crippen LogP contribution in [0.25, 0.3) is 0 Å². The maximum absolute atomic E-state index is 11.9. The number of carbonyl (C=O) groups is 1. The van der Waals surface area contributed by atoms with Crippen LogP contribution in [0.2, 0.25) is 0 Å². The number of ether oxygens (including phenoxy) is 1. The molecule has 1 amide bonds. The third-order valence-corrected chi connectivity index (χ3v) is 3.37. The van der Waals surface area contributed by atoms with Crippen LogP contribution in [-0.2, 0) is 9.53 Å². The molecule has 1 unspecified atom stereocenters. The molecule has 1 aromatic carbocycles. The highest BCUT2D eigenvalue weighted by molar-refractivity contribution is 5.85. The van der Waals surface area contributed by atoms with Crippen LogP contribution in [0.1, 0.15) is 18.6 Å². The number of para-hydroxylation sites is 1. The largest absolute Gasteiger partial charge is 0.389 e. The van der Waals surface area contributed by atoms with E-state index in [4.69, 9.17) is 4.74 Å². The summed E-state index contributed by atoms with van der Waals surface area (Å²) in [5, 5.41) is 12.5. The minimum absolute atomic E-state index is 0.0694. The maximum Gasteiger partial charge on any atom is 0.244 e. The average Bonchev–Trinajstić information content (AvgIpc) is 2.46. The molecule has 1 aromatic rings. The number of benzene rings is 1. The van der Waals surface area contributed by atoms with Gasteiger partial charge in [-0.05, 0) is 13.0 Å². The first-order chi connectivity index (χ1) is 9.15. The number of morpholine rings is 1. The third-order valence-electron chi connectivity index (χ3n) is 3.37. The first-order valence-electron chi connectivity index (χ1n) is 6.48. The van der Waals surface area contributed by atoms with Gasteiger partial charge in [-0.25, -0.2) is 0 Å². The summed E-state index contributed by atoms with van der Waals surface area (Å²) in [4.78, 5) is 13.9. The Bertz CT molecular complexity index is 448.